The summed E-state index contributed by atoms with van der Waals surface area (Å²) in [4.78, 5) is 11.6. The predicted molar refractivity (Wildman–Crippen MR) is 67.5 cm³/mol. The van der Waals surface area contributed by atoms with Gasteiger partial charge in [0.05, 0.1) is 0 Å². The third kappa shape index (κ3) is 4.70. The molecule has 2 aromatic rings. The maximum atomic E-state index is 11.6. The molecule has 4 nitrogen and oxygen atoms in total. The van der Waals surface area contributed by atoms with Crippen molar-refractivity contribution < 1.29 is 18.5 Å². The topological polar surface area (TPSA) is 58.6 Å². The van der Waals surface area contributed by atoms with Crippen LogP contribution in [0.4, 0.5) is 0 Å². The number of phosphoric acid groups is 1. The summed E-state index contributed by atoms with van der Waals surface area (Å²) in [7, 11) is -4.39. The molecule has 2 aromatic carbocycles. The Morgan fingerprint density at radius 3 is 1.44 bits per heavy atom. The number of hydrogen-bond acceptors (Lipinski definition) is 4. The molecule has 0 bridgehead atoms. The molecular formula is C12H10MgO4P+. The molecule has 0 spiro atoms. The van der Waals surface area contributed by atoms with E-state index in [-0.39, 0.29) is 34.6 Å². The number of hydrogen-bond donors (Lipinski definition) is 0. The second kappa shape index (κ2) is 6.80. The summed E-state index contributed by atoms with van der Waals surface area (Å²) in [5, 5.41) is 0. The molecule has 0 aliphatic heterocycles. The van der Waals surface area contributed by atoms with Gasteiger partial charge in [-0.2, -0.15) is 0 Å². The van der Waals surface area contributed by atoms with Crippen LogP contribution in [0.5, 0.6) is 11.5 Å². The summed E-state index contributed by atoms with van der Waals surface area (Å²) < 4.78 is 21.1. The summed E-state index contributed by atoms with van der Waals surface area (Å²) in [6, 6.07) is 16.4. The molecule has 0 saturated heterocycles. The number of phosphoric ester groups is 1. The Bertz CT molecular complexity index is 473. The minimum absolute atomic E-state index is 0. The average Bonchev–Trinajstić information content (AvgIpc) is 2.30. The number of benzene rings is 2. The molecule has 0 saturated carbocycles. The average molecular weight is 273 g/mol. The van der Waals surface area contributed by atoms with Gasteiger partial charge in [0.15, 0.2) is 0 Å². The molecule has 18 heavy (non-hydrogen) atoms. The first kappa shape index (κ1) is 15.1. The Morgan fingerprint density at radius 2 is 1.11 bits per heavy atom. The van der Waals surface area contributed by atoms with Crippen LogP contribution in [0.15, 0.2) is 60.7 Å². The molecule has 0 aliphatic carbocycles. The van der Waals surface area contributed by atoms with Crippen molar-refractivity contribution in [3.05, 3.63) is 60.7 Å². The Hall–Kier alpha value is -1.00. The van der Waals surface area contributed by atoms with E-state index >= 15 is 0 Å². The standard InChI is InChI=1S/C12H11O4P.Mg/c13-17(14,15-11-7-3-1-4-8-11)16-12-9-5-2-6-10-12;/h1-10H,(H,13,14);/q;+2/p-1. The van der Waals surface area contributed by atoms with Crippen LogP contribution in [0, 0.1) is 0 Å². The van der Waals surface area contributed by atoms with Crippen LogP contribution in [0.25, 0.3) is 0 Å². The Labute approximate surface area is 121 Å². The molecule has 0 radical (unpaired) electrons. The summed E-state index contributed by atoms with van der Waals surface area (Å²) >= 11 is 0. The van der Waals surface area contributed by atoms with Gasteiger partial charge in [0.2, 0.25) is 0 Å². The first-order valence-corrected chi connectivity index (χ1v) is 6.42. The van der Waals surface area contributed by atoms with Gasteiger partial charge in [-0.25, -0.2) is 4.57 Å². The minimum atomic E-state index is -4.39. The van der Waals surface area contributed by atoms with Crippen LogP contribution < -0.4 is 13.9 Å². The molecular weight excluding hydrogens is 263 g/mol. The normalized spacial score (nSPS) is 10.3. The van der Waals surface area contributed by atoms with Crippen molar-refractivity contribution in [1.82, 2.24) is 0 Å². The largest absolute Gasteiger partial charge is 2.00 e. The van der Waals surface area contributed by atoms with E-state index in [0.717, 1.165) is 0 Å². The van der Waals surface area contributed by atoms with E-state index in [4.69, 9.17) is 9.05 Å². The van der Waals surface area contributed by atoms with E-state index in [1.165, 1.54) is 0 Å². The van der Waals surface area contributed by atoms with Gasteiger partial charge in [0, 0.05) is 0 Å². The van der Waals surface area contributed by atoms with Gasteiger partial charge in [0.25, 0.3) is 0 Å². The van der Waals surface area contributed by atoms with Gasteiger partial charge in [-0.1, -0.05) is 36.4 Å². The summed E-state index contributed by atoms with van der Waals surface area (Å²) in [6.45, 7) is 0. The van der Waals surface area contributed by atoms with Crippen LogP contribution in [0.3, 0.4) is 0 Å². The zero-order valence-electron chi connectivity index (χ0n) is 9.56. The molecule has 0 unspecified atom stereocenters. The molecule has 0 amide bonds. The smallest absolute Gasteiger partial charge is 0.736 e. The first-order chi connectivity index (χ1) is 8.16. The third-order valence-corrected chi connectivity index (χ3v) is 2.79. The van der Waals surface area contributed by atoms with Crippen molar-refractivity contribution in [3.63, 3.8) is 0 Å². The zero-order valence-corrected chi connectivity index (χ0v) is 11.9. The predicted octanol–water partition coefficient (Wildman–Crippen LogP) is 2.23. The summed E-state index contributed by atoms with van der Waals surface area (Å²) in [6.07, 6.45) is 0. The molecule has 0 N–H and O–H groups in total. The van der Waals surface area contributed by atoms with Gasteiger partial charge >= 0.3 is 30.9 Å². The maximum Gasteiger partial charge on any atom is 2.00 e. The number of rotatable bonds is 4. The van der Waals surface area contributed by atoms with Crippen molar-refractivity contribution in [3.8, 4) is 11.5 Å². The Kier molecular flexibility index (Phi) is 5.69. The second-order valence-electron chi connectivity index (χ2n) is 3.26. The number of para-hydroxylation sites is 2. The Morgan fingerprint density at radius 1 is 0.778 bits per heavy atom. The van der Waals surface area contributed by atoms with Crippen LogP contribution in [-0.4, -0.2) is 23.1 Å². The van der Waals surface area contributed by atoms with Gasteiger partial charge in [-0.3, -0.25) is 0 Å². The van der Waals surface area contributed by atoms with Crippen molar-refractivity contribution >= 4 is 30.9 Å². The molecule has 0 aromatic heterocycles. The summed E-state index contributed by atoms with van der Waals surface area (Å²) in [5.41, 5.74) is 0. The van der Waals surface area contributed by atoms with Crippen LogP contribution in [0.2, 0.25) is 0 Å². The molecule has 0 atom stereocenters. The van der Waals surface area contributed by atoms with E-state index in [0.29, 0.717) is 0 Å². The minimum Gasteiger partial charge on any atom is -0.736 e. The van der Waals surface area contributed by atoms with Crippen LogP contribution in [0.1, 0.15) is 0 Å². The molecule has 6 heteroatoms. The van der Waals surface area contributed by atoms with Crippen molar-refractivity contribution in [2.24, 2.45) is 0 Å². The van der Waals surface area contributed by atoms with E-state index in [9.17, 15) is 9.46 Å². The van der Waals surface area contributed by atoms with Crippen molar-refractivity contribution in [2.45, 2.75) is 0 Å². The van der Waals surface area contributed by atoms with Gasteiger partial charge < -0.3 is 13.9 Å². The fourth-order valence-corrected chi connectivity index (χ4v) is 2.04. The molecule has 88 valence electrons. The second-order valence-corrected chi connectivity index (χ2v) is 4.52. The van der Waals surface area contributed by atoms with E-state index in [2.05, 4.69) is 0 Å². The molecule has 0 aliphatic rings. The van der Waals surface area contributed by atoms with Crippen LogP contribution >= 0.6 is 7.82 Å². The first-order valence-electron chi connectivity index (χ1n) is 4.96. The van der Waals surface area contributed by atoms with Crippen LogP contribution in [-0.2, 0) is 4.57 Å². The SMILES string of the molecule is O=P([O-])(Oc1ccccc1)Oc1ccccc1.[Mg+2]. The van der Waals surface area contributed by atoms with Crippen molar-refractivity contribution in [1.29, 1.82) is 0 Å². The van der Waals surface area contributed by atoms with Crippen molar-refractivity contribution in [2.75, 3.05) is 0 Å². The summed E-state index contributed by atoms with van der Waals surface area (Å²) in [5.74, 6) is 0.448. The monoisotopic (exact) mass is 273 g/mol. The zero-order chi connectivity index (χ0) is 12.1. The quantitative estimate of drug-likeness (QED) is 0.633. The van der Waals surface area contributed by atoms with E-state index in [1.54, 1.807) is 60.7 Å². The van der Waals surface area contributed by atoms with E-state index in [1.807, 2.05) is 0 Å². The molecule has 0 fully saturated rings. The maximum absolute atomic E-state index is 11.6. The fraction of sp³-hybridized carbons (Fsp3) is 0. The van der Waals surface area contributed by atoms with Gasteiger partial charge in [-0.05, 0) is 24.3 Å². The van der Waals surface area contributed by atoms with Gasteiger partial charge in [0.1, 0.15) is 11.5 Å². The third-order valence-electron chi connectivity index (χ3n) is 1.92. The van der Waals surface area contributed by atoms with Gasteiger partial charge in [-0.15, -0.1) is 0 Å². The molecule has 0 heterocycles. The Balaban J connectivity index is 0.00000162. The van der Waals surface area contributed by atoms with E-state index < -0.39 is 7.82 Å². The molecule has 2 rings (SSSR count). The fourth-order valence-electron chi connectivity index (χ4n) is 1.24.